The predicted octanol–water partition coefficient (Wildman–Crippen LogP) is 0.299. The summed E-state index contributed by atoms with van der Waals surface area (Å²) in [6, 6.07) is 0. The fraction of sp³-hybridized carbons (Fsp3) is 0.667. The van der Waals surface area contributed by atoms with E-state index in [1.54, 1.807) is 11.0 Å². The maximum atomic E-state index is 11.4. The Morgan fingerprint density at radius 1 is 1.60 bits per heavy atom. The molecule has 0 aromatic heterocycles. The van der Waals surface area contributed by atoms with E-state index in [2.05, 4.69) is 6.58 Å². The average Bonchev–Trinajstić information content (AvgIpc) is 2.45. The van der Waals surface area contributed by atoms with Crippen molar-refractivity contribution < 1.29 is 17.8 Å². The lowest BCUT2D eigenvalue weighted by Crippen LogP contribution is -2.27. The standard InChI is InChI=1S/C9H15NO4S/c1-2-8-6-9(11)10(7-8)4-3-5-15(12,13)14/h2,8H,1,3-7H2,(H,12,13,14). The maximum absolute atomic E-state index is 11.4. The number of hydrogen-bond donors (Lipinski definition) is 1. The molecule has 0 spiro atoms. The molecule has 1 aliphatic heterocycles. The van der Waals surface area contributed by atoms with Crippen molar-refractivity contribution in [3.05, 3.63) is 12.7 Å². The summed E-state index contributed by atoms with van der Waals surface area (Å²) in [5, 5.41) is 0. The van der Waals surface area contributed by atoms with Crippen molar-refractivity contribution in [2.45, 2.75) is 12.8 Å². The minimum Gasteiger partial charge on any atom is -0.342 e. The molecular formula is C9H15NO4S. The Hall–Kier alpha value is -0.880. The molecule has 0 aromatic carbocycles. The van der Waals surface area contributed by atoms with E-state index >= 15 is 0 Å². The van der Waals surface area contributed by atoms with E-state index in [9.17, 15) is 13.2 Å². The third-order valence-corrected chi connectivity index (χ3v) is 3.21. The minimum absolute atomic E-state index is 0.0234. The number of carbonyl (C=O) groups excluding carboxylic acids is 1. The van der Waals surface area contributed by atoms with Crippen LogP contribution in [-0.4, -0.2) is 42.6 Å². The van der Waals surface area contributed by atoms with Gasteiger partial charge in [0.25, 0.3) is 10.1 Å². The van der Waals surface area contributed by atoms with Crippen molar-refractivity contribution in [2.24, 2.45) is 5.92 Å². The largest absolute Gasteiger partial charge is 0.342 e. The third kappa shape index (κ3) is 4.01. The van der Waals surface area contributed by atoms with Gasteiger partial charge in [0, 0.05) is 25.4 Å². The number of nitrogens with zero attached hydrogens (tertiary/aromatic N) is 1. The molecule has 0 bridgehead atoms. The molecule has 6 heteroatoms. The highest BCUT2D eigenvalue weighted by atomic mass is 32.2. The normalized spacial score (nSPS) is 22.1. The monoisotopic (exact) mass is 233 g/mol. The summed E-state index contributed by atoms with van der Waals surface area (Å²) in [6.45, 7) is 4.60. The van der Waals surface area contributed by atoms with Crippen LogP contribution in [-0.2, 0) is 14.9 Å². The van der Waals surface area contributed by atoms with Gasteiger partial charge in [0.05, 0.1) is 5.75 Å². The molecule has 1 rings (SSSR count). The second-order valence-electron chi connectivity index (χ2n) is 3.68. The molecule has 1 aliphatic rings. The highest BCUT2D eigenvalue weighted by molar-refractivity contribution is 7.85. The van der Waals surface area contributed by atoms with Gasteiger partial charge in [-0.15, -0.1) is 6.58 Å². The van der Waals surface area contributed by atoms with Crippen LogP contribution in [0.25, 0.3) is 0 Å². The first kappa shape index (κ1) is 12.2. The Labute approximate surface area is 89.5 Å². The smallest absolute Gasteiger partial charge is 0.264 e. The molecule has 1 saturated heterocycles. The lowest BCUT2D eigenvalue weighted by atomic mass is 10.1. The SMILES string of the molecule is C=CC1CC(=O)N(CCCS(=O)(=O)O)C1. The van der Waals surface area contributed by atoms with Crippen molar-refractivity contribution in [1.29, 1.82) is 0 Å². The van der Waals surface area contributed by atoms with Crippen molar-refractivity contribution >= 4 is 16.0 Å². The third-order valence-electron chi connectivity index (χ3n) is 2.41. The quantitative estimate of drug-likeness (QED) is 0.547. The van der Waals surface area contributed by atoms with Crippen LogP contribution in [0.15, 0.2) is 12.7 Å². The van der Waals surface area contributed by atoms with Gasteiger partial charge in [0.2, 0.25) is 5.91 Å². The van der Waals surface area contributed by atoms with E-state index in [1.807, 2.05) is 0 Å². The van der Waals surface area contributed by atoms with E-state index in [-0.39, 0.29) is 24.0 Å². The highest BCUT2D eigenvalue weighted by Crippen LogP contribution is 2.18. The van der Waals surface area contributed by atoms with Gasteiger partial charge in [-0.05, 0) is 6.42 Å². The maximum Gasteiger partial charge on any atom is 0.264 e. The Morgan fingerprint density at radius 3 is 2.73 bits per heavy atom. The van der Waals surface area contributed by atoms with Gasteiger partial charge in [0.15, 0.2) is 0 Å². The second kappa shape index (κ2) is 4.76. The van der Waals surface area contributed by atoms with Crippen LogP contribution in [0.3, 0.4) is 0 Å². The fourth-order valence-electron chi connectivity index (χ4n) is 1.61. The Kier molecular flexibility index (Phi) is 3.87. The van der Waals surface area contributed by atoms with E-state index < -0.39 is 10.1 Å². The molecule has 0 aliphatic carbocycles. The van der Waals surface area contributed by atoms with E-state index in [1.165, 1.54) is 0 Å². The topological polar surface area (TPSA) is 74.7 Å². The molecule has 0 aromatic rings. The molecule has 1 heterocycles. The van der Waals surface area contributed by atoms with Crippen LogP contribution in [0.5, 0.6) is 0 Å². The molecule has 86 valence electrons. The zero-order valence-electron chi connectivity index (χ0n) is 8.42. The molecule has 1 N–H and O–H groups in total. The lowest BCUT2D eigenvalue weighted by molar-refractivity contribution is -0.127. The van der Waals surface area contributed by atoms with E-state index in [0.29, 0.717) is 19.5 Å². The first-order chi connectivity index (χ1) is 6.92. The van der Waals surface area contributed by atoms with Crippen molar-refractivity contribution in [1.82, 2.24) is 4.90 Å². The lowest BCUT2D eigenvalue weighted by Gasteiger charge is -2.14. The summed E-state index contributed by atoms with van der Waals surface area (Å²) in [6.07, 6.45) is 2.46. The van der Waals surface area contributed by atoms with E-state index in [0.717, 1.165) is 0 Å². The molecule has 0 saturated carbocycles. The van der Waals surface area contributed by atoms with Gasteiger partial charge in [-0.1, -0.05) is 6.08 Å². The summed E-state index contributed by atoms with van der Waals surface area (Å²) < 4.78 is 29.4. The number of hydrogen-bond acceptors (Lipinski definition) is 3. The number of amides is 1. The Morgan fingerprint density at radius 2 is 2.27 bits per heavy atom. The molecule has 1 amide bonds. The molecule has 15 heavy (non-hydrogen) atoms. The van der Waals surface area contributed by atoms with Gasteiger partial charge in [-0.3, -0.25) is 9.35 Å². The summed E-state index contributed by atoms with van der Waals surface area (Å²) in [7, 11) is -3.91. The summed E-state index contributed by atoms with van der Waals surface area (Å²) in [4.78, 5) is 13.0. The molecular weight excluding hydrogens is 218 g/mol. The molecule has 5 nitrogen and oxygen atoms in total. The molecule has 1 atom stereocenters. The first-order valence-corrected chi connectivity index (χ1v) is 6.39. The summed E-state index contributed by atoms with van der Waals surface area (Å²) in [5.74, 6) is -0.103. The van der Waals surface area contributed by atoms with Crippen LogP contribution in [0.4, 0.5) is 0 Å². The molecule has 1 fully saturated rings. The Balaban J connectivity index is 2.34. The number of likely N-dealkylation sites (tertiary alicyclic amines) is 1. The zero-order chi connectivity index (χ0) is 11.5. The Bertz CT molecular complexity index is 349. The van der Waals surface area contributed by atoms with E-state index in [4.69, 9.17) is 4.55 Å². The fourth-order valence-corrected chi connectivity index (χ4v) is 2.11. The highest BCUT2D eigenvalue weighted by Gasteiger charge is 2.27. The first-order valence-electron chi connectivity index (χ1n) is 4.78. The summed E-state index contributed by atoms with van der Waals surface area (Å²) >= 11 is 0. The molecule has 1 unspecified atom stereocenters. The van der Waals surface area contributed by atoms with Gasteiger partial charge in [0.1, 0.15) is 0 Å². The van der Waals surface area contributed by atoms with Crippen molar-refractivity contribution in [3.8, 4) is 0 Å². The van der Waals surface area contributed by atoms with Gasteiger partial charge in [-0.2, -0.15) is 8.42 Å². The van der Waals surface area contributed by atoms with Crippen molar-refractivity contribution in [2.75, 3.05) is 18.8 Å². The number of carbonyl (C=O) groups is 1. The van der Waals surface area contributed by atoms with Crippen LogP contribution in [0.1, 0.15) is 12.8 Å². The van der Waals surface area contributed by atoms with Gasteiger partial charge in [-0.25, -0.2) is 0 Å². The minimum atomic E-state index is -3.91. The number of rotatable bonds is 5. The predicted molar refractivity (Wildman–Crippen MR) is 55.9 cm³/mol. The van der Waals surface area contributed by atoms with Gasteiger partial charge < -0.3 is 4.90 Å². The van der Waals surface area contributed by atoms with Crippen molar-refractivity contribution in [3.63, 3.8) is 0 Å². The second-order valence-corrected chi connectivity index (χ2v) is 5.25. The van der Waals surface area contributed by atoms with Crippen LogP contribution >= 0.6 is 0 Å². The van der Waals surface area contributed by atoms with Crippen LogP contribution in [0, 0.1) is 5.92 Å². The van der Waals surface area contributed by atoms with Crippen LogP contribution < -0.4 is 0 Å². The van der Waals surface area contributed by atoms with Crippen LogP contribution in [0.2, 0.25) is 0 Å². The zero-order valence-corrected chi connectivity index (χ0v) is 9.24. The molecule has 0 radical (unpaired) electrons. The van der Waals surface area contributed by atoms with Gasteiger partial charge >= 0.3 is 0 Å². The average molecular weight is 233 g/mol. The summed E-state index contributed by atoms with van der Waals surface area (Å²) in [5.41, 5.74) is 0.